The molecule has 1 aliphatic carbocycles. The largest absolute Gasteiger partial charge is 0.505 e. The van der Waals surface area contributed by atoms with Crippen LogP contribution in [0.4, 0.5) is 17.1 Å². The number of hydrogen-bond acceptors (Lipinski definition) is 7. The van der Waals surface area contributed by atoms with E-state index in [0.717, 1.165) is 12.8 Å². The Morgan fingerprint density at radius 1 is 1.14 bits per heavy atom. The van der Waals surface area contributed by atoms with Crippen molar-refractivity contribution in [1.82, 2.24) is 4.90 Å². The molecule has 0 bridgehead atoms. The Kier molecular flexibility index (Phi) is 4.62. The molecule has 0 aliphatic heterocycles. The quantitative estimate of drug-likeness (QED) is 0.416. The zero-order valence-corrected chi connectivity index (χ0v) is 16.1. The van der Waals surface area contributed by atoms with Gasteiger partial charge in [-0.2, -0.15) is 0 Å². The minimum Gasteiger partial charge on any atom is -0.505 e. The number of nitrogens with zero attached hydrogens (tertiary/aromatic N) is 1. The molecule has 3 N–H and O–H groups in total. The van der Waals surface area contributed by atoms with Crippen molar-refractivity contribution < 1.29 is 14.3 Å². The number of furan rings is 1. The van der Waals surface area contributed by atoms with Gasteiger partial charge in [-0.25, -0.2) is 0 Å². The molecule has 29 heavy (non-hydrogen) atoms. The van der Waals surface area contributed by atoms with Gasteiger partial charge in [0.25, 0.3) is 16.8 Å². The maximum absolute atomic E-state index is 12.2. The van der Waals surface area contributed by atoms with E-state index in [1.165, 1.54) is 17.0 Å². The zero-order valence-electron chi connectivity index (χ0n) is 16.1. The van der Waals surface area contributed by atoms with Crippen LogP contribution in [0.2, 0.25) is 0 Å². The van der Waals surface area contributed by atoms with E-state index in [4.69, 9.17) is 4.42 Å². The lowest BCUT2D eigenvalue weighted by Gasteiger charge is -2.21. The molecule has 1 saturated carbocycles. The van der Waals surface area contributed by atoms with Gasteiger partial charge in [0.05, 0.1) is 23.6 Å². The van der Waals surface area contributed by atoms with Crippen molar-refractivity contribution in [2.75, 3.05) is 24.7 Å². The van der Waals surface area contributed by atoms with E-state index in [9.17, 15) is 19.5 Å². The minimum absolute atomic E-state index is 0.0666. The highest BCUT2D eigenvalue weighted by atomic mass is 16.3. The molecule has 8 nitrogen and oxygen atoms in total. The summed E-state index contributed by atoms with van der Waals surface area (Å²) in [5.41, 5.74) is -0.799. The number of hydrogen-bond donors (Lipinski definition) is 3. The van der Waals surface area contributed by atoms with Gasteiger partial charge in [0.2, 0.25) is 0 Å². The fourth-order valence-electron chi connectivity index (χ4n) is 3.32. The van der Waals surface area contributed by atoms with E-state index in [1.807, 2.05) is 6.07 Å². The third-order valence-corrected chi connectivity index (χ3v) is 5.09. The van der Waals surface area contributed by atoms with Gasteiger partial charge >= 0.3 is 0 Å². The van der Waals surface area contributed by atoms with E-state index < -0.39 is 10.9 Å². The molecule has 3 aromatic rings. The molecule has 1 heterocycles. The van der Waals surface area contributed by atoms with E-state index in [2.05, 4.69) is 10.6 Å². The first-order valence-corrected chi connectivity index (χ1v) is 9.32. The molecule has 0 saturated heterocycles. The van der Waals surface area contributed by atoms with Gasteiger partial charge in [0, 0.05) is 14.1 Å². The Morgan fingerprint density at radius 2 is 1.86 bits per heavy atom. The van der Waals surface area contributed by atoms with Gasteiger partial charge in [0.15, 0.2) is 5.75 Å². The second-order valence-corrected chi connectivity index (χ2v) is 7.41. The highest BCUT2D eigenvalue weighted by Crippen LogP contribution is 2.43. The van der Waals surface area contributed by atoms with Gasteiger partial charge in [-0.05, 0) is 43.0 Å². The van der Waals surface area contributed by atoms with Crippen LogP contribution < -0.4 is 21.5 Å². The molecule has 4 rings (SSSR count). The van der Waals surface area contributed by atoms with Crippen LogP contribution in [0.5, 0.6) is 5.75 Å². The second kappa shape index (κ2) is 7.12. The minimum atomic E-state index is -0.676. The van der Waals surface area contributed by atoms with Crippen LogP contribution in [0, 0.1) is 5.92 Å². The molecule has 2 aromatic carbocycles. The summed E-state index contributed by atoms with van der Waals surface area (Å²) < 4.78 is 5.48. The number of anilines is 3. The number of phenolic OH excluding ortho intramolecular Hbond substituents is 1. The van der Waals surface area contributed by atoms with Crippen molar-refractivity contribution in [1.29, 1.82) is 0 Å². The molecule has 0 unspecified atom stereocenters. The highest BCUT2D eigenvalue weighted by Gasteiger charge is 2.36. The lowest BCUT2D eigenvalue weighted by atomic mass is 10.1. The maximum Gasteiger partial charge on any atom is 0.257 e. The van der Waals surface area contributed by atoms with Crippen LogP contribution in [0.3, 0.4) is 0 Å². The van der Waals surface area contributed by atoms with Crippen molar-refractivity contribution in [3.8, 4) is 5.75 Å². The number of nitrogens with one attached hydrogen (secondary N) is 2. The van der Waals surface area contributed by atoms with E-state index in [-0.39, 0.29) is 40.3 Å². The number of carbonyl (C=O) groups is 1. The molecule has 1 aromatic heterocycles. The molecule has 1 atom stereocenters. The standard InChI is InChI=1S/C21H21N3O5/c1-24(2)21(28)12-5-3-6-13(18(12)25)22-16-17(20(27)19(16)26)23-15(11-8-9-11)14-7-4-10-29-14/h3-7,10-11,15,22-23,25H,8-9H2,1-2H3/t15-/m1/s1. The number of aromatic hydroxyl groups is 1. The molecule has 0 spiro atoms. The Labute approximate surface area is 166 Å². The number of rotatable bonds is 7. The van der Waals surface area contributed by atoms with Gasteiger partial charge in [-0.1, -0.05) is 6.07 Å². The average Bonchev–Trinajstić information content (AvgIpc) is 3.40. The number of carbonyl (C=O) groups excluding carboxylic acids is 1. The second-order valence-electron chi connectivity index (χ2n) is 7.41. The normalized spacial score (nSPS) is 14.6. The van der Waals surface area contributed by atoms with Gasteiger partial charge < -0.3 is 25.1 Å². The SMILES string of the molecule is CN(C)C(=O)c1cccc(Nc2c(N[C@@H](c3ccco3)C3CC3)c(=O)c2=O)c1O. The summed E-state index contributed by atoms with van der Waals surface area (Å²) in [6, 6.07) is 8.02. The molecule has 1 aliphatic rings. The molecule has 1 amide bonds. The summed E-state index contributed by atoms with van der Waals surface area (Å²) in [5.74, 6) is 0.372. The summed E-state index contributed by atoms with van der Waals surface area (Å²) in [5, 5.41) is 16.4. The molecule has 1 fully saturated rings. The molecular weight excluding hydrogens is 374 g/mol. The zero-order chi connectivity index (χ0) is 20.7. The van der Waals surface area contributed by atoms with Crippen molar-refractivity contribution >= 4 is 23.0 Å². The van der Waals surface area contributed by atoms with Crippen LogP contribution in [0.1, 0.15) is 35.0 Å². The number of phenols is 1. The summed E-state index contributed by atoms with van der Waals surface area (Å²) in [6.07, 6.45) is 3.58. The van der Waals surface area contributed by atoms with Crippen molar-refractivity contribution in [2.24, 2.45) is 5.92 Å². The third kappa shape index (κ3) is 3.37. The Balaban J connectivity index is 1.63. The van der Waals surface area contributed by atoms with Crippen molar-refractivity contribution in [3.63, 3.8) is 0 Å². The summed E-state index contributed by atoms with van der Waals surface area (Å²) in [4.78, 5) is 37.9. The van der Waals surface area contributed by atoms with Crippen LogP contribution in [-0.2, 0) is 0 Å². The molecular formula is C21H21N3O5. The van der Waals surface area contributed by atoms with Crippen LogP contribution in [0.25, 0.3) is 0 Å². The summed E-state index contributed by atoms with van der Waals surface area (Å²) in [7, 11) is 3.15. The first kappa shape index (κ1) is 18.8. The van der Waals surface area contributed by atoms with Gasteiger partial charge in [-0.3, -0.25) is 14.4 Å². The number of para-hydroxylation sites is 1. The third-order valence-electron chi connectivity index (χ3n) is 5.09. The predicted molar refractivity (Wildman–Crippen MR) is 109 cm³/mol. The molecule has 8 heteroatoms. The van der Waals surface area contributed by atoms with E-state index in [0.29, 0.717) is 11.7 Å². The first-order chi connectivity index (χ1) is 13.9. The monoisotopic (exact) mass is 395 g/mol. The fourth-order valence-corrected chi connectivity index (χ4v) is 3.32. The van der Waals surface area contributed by atoms with Crippen LogP contribution >= 0.6 is 0 Å². The number of benzene rings is 1. The smallest absolute Gasteiger partial charge is 0.257 e. The Bertz CT molecular complexity index is 1120. The van der Waals surface area contributed by atoms with Gasteiger partial charge in [0.1, 0.15) is 17.1 Å². The summed E-state index contributed by atoms with van der Waals surface area (Å²) >= 11 is 0. The topological polar surface area (TPSA) is 112 Å². The van der Waals surface area contributed by atoms with Gasteiger partial charge in [-0.15, -0.1) is 0 Å². The lowest BCUT2D eigenvalue weighted by Crippen LogP contribution is -2.37. The molecule has 0 radical (unpaired) electrons. The Morgan fingerprint density at radius 3 is 2.48 bits per heavy atom. The lowest BCUT2D eigenvalue weighted by molar-refractivity contribution is 0.0824. The fraction of sp³-hybridized carbons (Fsp3) is 0.286. The number of amides is 1. The highest BCUT2D eigenvalue weighted by molar-refractivity contribution is 5.99. The Hall–Kier alpha value is -3.55. The van der Waals surface area contributed by atoms with E-state index in [1.54, 1.807) is 32.5 Å². The van der Waals surface area contributed by atoms with E-state index >= 15 is 0 Å². The summed E-state index contributed by atoms with van der Waals surface area (Å²) in [6.45, 7) is 0. The average molecular weight is 395 g/mol. The molecule has 150 valence electrons. The van der Waals surface area contributed by atoms with Crippen molar-refractivity contribution in [2.45, 2.75) is 18.9 Å². The maximum atomic E-state index is 12.2. The predicted octanol–water partition coefficient (Wildman–Crippen LogP) is 2.59. The van der Waals surface area contributed by atoms with Crippen LogP contribution in [-0.4, -0.2) is 30.0 Å². The first-order valence-electron chi connectivity index (χ1n) is 9.32. The van der Waals surface area contributed by atoms with Crippen molar-refractivity contribution in [3.05, 3.63) is 68.4 Å². The van der Waals surface area contributed by atoms with Crippen LogP contribution in [0.15, 0.2) is 50.6 Å².